The van der Waals surface area contributed by atoms with E-state index in [0.29, 0.717) is 5.92 Å². The van der Waals surface area contributed by atoms with E-state index in [-0.39, 0.29) is 0 Å². The number of thiazole rings is 1. The van der Waals surface area contributed by atoms with Gasteiger partial charge in [-0.3, -0.25) is 4.99 Å². The van der Waals surface area contributed by atoms with Crippen molar-refractivity contribution in [3.63, 3.8) is 0 Å². The third-order valence-electron chi connectivity index (χ3n) is 3.25. The quantitative estimate of drug-likeness (QED) is 0.635. The Balaban J connectivity index is 1.71. The van der Waals surface area contributed by atoms with Crippen LogP contribution in [0.3, 0.4) is 0 Å². The Kier molecular flexibility index (Phi) is 6.20. The summed E-state index contributed by atoms with van der Waals surface area (Å²) in [7, 11) is 1.80. The molecule has 0 radical (unpaired) electrons. The van der Waals surface area contributed by atoms with Gasteiger partial charge in [0.05, 0.1) is 10.7 Å². The predicted molar refractivity (Wildman–Crippen MR) is 92.7 cm³/mol. The number of nitrogens with one attached hydrogen (secondary N) is 2. The van der Waals surface area contributed by atoms with Crippen LogP contribution in [0.15, 0.2) is 27.2 Å². The highest BCUT2D eigenvalue weighted by atomic mass is 32.1. The number of hydrogen-bond acceptors (Lipinski definition) is 4. The van der Waals surface area contributed by atoms with Crippen LogP contribution in [0.1, 0.15) is 29.1 Å². The Morgan fingerprint density at radius 2 is 2.24 bits per heavy atom. The van der Waals surface area contributed by atoms with E-state index < -0.39 is 0 Å². The zero-order chi connectivity index (χ0) is 15.1. The number of hydrogen-bond donors (Lipinski definition) is 2. The van der Waals surface area contributed by atoms with Crippen molar-refractivity contribution in [1.82, 2.24) is 15.6 Å². The van der Waals surface area contributed by atoms with Crippen LogP contribution in [-0.2, 0) is 6.42 Å². The average molecular weight is 323 g/mol. The lowest BCUT2D eigenvalue weighted by atomic mass is 10.1. The summed E-state index contributed by atoms with van der Waals surface area (Å²) in [6.45, 7) is 5.98. The molecule has 0 aliphatic carbocycles. The molecule has 1 unspecified atom stereocenters. The molecular weight excluding hydrogens is 300 g/mol. The zero-order valence-electron chi connectivity index (χ0n) is 12.7. The van der Waals surface area contributed by atoms with E-state index in [0.717, 1.165) is 36.2 Å². The lowest BCUT2D eigenvalue weighted by molar-refractivity contribution is 0.698. The fourth-order valence-corrected chi connectivity index (χ4v) is 3.41. The number of thiophene rings is 1. The van der Waals surface area contributed by atoms with Gasteiger partial charge in [0.15, 0.2) is 5.96 Å². The van der Waals surface area contributed by atoms with Gasteiger partial charge < -0.3 is 10.6 Å². The average Bonchev–Trinajstić information content (AvgIpc) is 3.14. The van der Waals surface area contributed by atoms with Gasteiger partial charge in [-0.25, -0.2) is 4.98 Å². The molecule has 0 amide bonds. The third-order valence-corrected chi connectivity index (χ3v) is 4.78. The molecule has 6 heteroatoms. The van der Waals surface area contributed by atoms with Crippen LogP contribution in [0, 0.1) is 6.92 Å². The molecule has 0 aliphatic rings. The largest absolute Gasteiger partial charge is 0.356 e. The fourth-order valence-electron chi connectivity index (χ4n) is 1.98. The standard InChI is InChI=1S/C15H22N4S2/c1-11(13-5-7-20-9-13)8-18-15(16-3)17-6-4-14-10-21-12(2)19-14/h5,7,9-11H,4,6,8H2,1-3H3,(H2,16,17,18). The van der Waals surface area contributed by atoms with Crippen molar-refractivity contribution in [3.8, 4) is 0 Å². The summed E-state index contributed by atoms with van der Waals surface area (Å²) in [4.78, 5) is 8.72. The van der Waals surface area contributed by atoms with Gasteiger partial charge in [0.1, 0.15) is 0 Å². The minimum atomic E-state index is 0.482. The normalized spacial score (nSPS) is 13.2. The van der Waals surface area contributed by atoms with Crippen molar-refractivity contribution in [1.29, 1.82) is 0 Å². The van der Waals surface area contributed by atoms with Crippen molar-refractivity contribution in [2.24, 2.45) is 4.99 Å². The van der Waals surface area contributed by atoms with Crippen molar-refractivity contribution in [2.45, 2.75) is 26.2 Å². The summed E-state index contributed by atoms with van der Waals surface area (Å²) >= 11 is 3.44. The first-order valence-corrected chi connectivity index (χ1v) is 8.89. The van der Waals surface area contributed by atoms with Crippen molar-refractivity contribution < 1.29 is 0 Å². The minimum Gasteiger partial charge on any atom is -0.356 e. The molecule has 2 aromatic rings. The SMILES string of the molecule is CN=C(NCCc1csc(C)n1)NCC(C)c1ccsc1. The Morgan fingerprint density at radius 3 is 2.86 bits per heavy atom. The molecule has 2 rings (SSSR count). The number of aromatic nitrogens is 1. The molecule has 0 fully saturated rings. The minimum absolute atomic E-state index is 0.482. The van der Waals surface area contributed by atoms with E-state index in [1.165, 1.54) is 5.56 Å². The molecular formula is C15H22N4S2. The Morgan fingerprint density at radius 1 is 1.38 bits per heavy atom. The topological polar surface area (TPSA) is 49.3 Å². The summed E-state index contributed by atoms with van der Waals surface area (Å²) < 4.78 is 0. The van der Waals surface area contributed by atoms with E-state index in [1.54, 1.807) is 29.7 Å². The number of aryl methyl sites for hydroxylation is 1. The highest BCUT2D eigenvalue weighted by Crippen LogP contribution is 2.16. The number of aliphatic imine (C=N–C) groups is 1. The van der Waals surface area contributed by atoms with Crippen LogP contribution < -0.4 is 10.6 Å². The first-order chi connectivity index (χ1) is 10.2. The Hall–Kier alpha value is -1.40. The summed E-state index contributed by atoms with van der Waals surface area (Å²) in [6.07, 6.45) is 0.922. The van der Waals surface area contributed by atoms with Gasteiger partial charge in [0, 0.05) is 31.9 Å². The van der Waals surface area contributed by atoms with E-state index in [4.69, 9.17) is 0 Å². The third kappa shape index (κ3) is 5.13. The summed E-state index contributed by atoms with van der Waals surface area (Å²) in [5.74, 6) is 1.33. The van der Waals surface area contributed by atoms with Crippen LogP contribution in [0.25, 0.3) is 0 Å². The number of guanidine groups is 1. The molecule has 0 saturated carbocycles. The van der Waals surface area contributed by atoms with Gasteiger partial charge >= 0.3 is 0 Å². The second kappa shape index (κ2) is 8.14. The molecule has 2 aromatic heterocycles. The van der Waals surface area contributed by atoms with E-state index in [2.05, 4.69) is 49.7 Å². The predicted octanol–water partition coefficient (Wildman–Crippen LogP) is 3.02. The second-order valence-corrected chi connectivity index (χ2v) is 6.79. The molecule has 2 heterocycles. The van der Waals surface area contributed by atoms with Gasteiger partial charge in [0.25, 0.3) is 0 Å². The highest BCUT2D eigenvalue weighted by Gasteiger charge is 2.07. The molecule has 0 saturated heterocycles. The van der Waals surface area contributed by atoms with Crippen molar-refractivity contribution in [2.75, 3.05) is 20.1 Å². The molecule has 0 aliphatic heterocycles. The van der Waals surface area contributed by atoms with E-state index >= 15 is 0 Å². The zero-order valence-corrected chi connectivity index (χ0v) is 14.4. The fraction of sp³-hybridized carbons (Fsp3) is 0.467. The maximum absolute atomic E-state index is 4.46. The Bertz CT molecular complexity index is 560. The first kappa shape index (κ1) is 16.0. The molecule has 4 nitrogen and oxygen atoms in total. The number of nitrogens with zero attached hydrogens (tertiary/aromatic N) is 2. The van der Waals surface area contributed by atoms with Crippen LogP contribution in [0.2, 0.25) is 0 Å². The monoisotopic (exact) mass is 322 g/mol. The molecule has 0 spiro atoms. The van der Waals surface area contributed by atoms with E-state index in [9.17, 15) is 0 Å². The van der Waals surface area contributed by atoms with Gasteiger partial charge in [-0.2, -0.15) is 11.3 Å². The number of rotatable bonds is 6. The van der Waals surface area contributed by atoms with Crippen molar-refractivity contribution >= 4 is 28.6 Å². The lowest BCUT2D eigenvalue weighted by Crippen LogP contribution is -2.39. The molecule has 1 atom stereocenters. The smallest absolute Gasteiger partial charge is 0.191 e. The van der Waals surface area contributed by atoms with Crippen LogP contribution in [-0.4, -0.2) is 31.1 Å². The summed E-state index contributed by atoms with van der Waals surface area (Å²) in [5.41, 5.74) is 2.52. The van der Waals surface area contributed by atoms with Crippen molar-refractivity contribution in [3.05, 3.63) is 38.5 Å². The first-order valence-electron chi connectivity index (χ1n) is 7.06. The van der Waals surface area contributed by atoms with Crippen LogP contribution >= 0.6 is 22.7 Å². The maximum atomic E-state index is 4.46. The second-order valence-electron chi connectivity index (χ2n) is 4.95. The lowest BCUT2D eigenvalue weighted by Gasteiger charge is -2.15. The van der Waals surface area contributed by atoms with Gasteiger partial charge in [-0.15, -0.1) is 11.3 Å². The molecule has 0 aromatic carbocycles. The summed E-state index contributed by atoms with van der Waals surface area (Å²) in [6, 6.07) is 2.18. The molecule has 2 N–H and O–H groups in total. The van der Waals surface area contributed by atoms with Gasteiger partial charge in [-0.05, 0) is 35.2 Å². The van der Waals surface area contributed by atoms with Gasteiger partial charge in [0.2, 0.25) is 0 Å². The highest BCUT2D eigenvalue weighted by molar-refractivity contribution is 7.09. The van der Waals surface area contributed by atoms with Gasteiger partial charge in [-0.1, -0.05) is 6.92 Å². The van der Waals surface area contributed by atoms with E-state index in [1.807, 2.05) is 6.92 Å². The Labute approximate surface area is 134 Å². The van der Waals surface area contributed by atoms with Crippen LogP contribution in [0.5, 0.6) is 0 Å². The summed E-state index contributed by atoms with van der Waals surface area (Å²) in [5, 5.41) is 14.3. The maximum Gasteiger partial charge on any atom is 0.191 e. The molecule has 114 valence electrons. The molecule has 0 bridgehead atoms. The molecule has 21 heavy (non-hydrogen) atoms. The van der Waals surface area contributed by atoms with Crippen LogP contribution in [0.4, 0.5) is 0 Å².